The van der Waals surface area contributed by atoms with E-state index >= 15 is 0 Å². The summed E-state index contributed by atoms with van der Waals surface area (Å²) < 4.78 is 0. The third-order valence-electron chi connectivity index (χ3n) is 3.28. The van der Waals surface area contributed by atoms with Crippen LogP contribution in [-0.2, 0) is 4.79 Å². The highest BCUT2D eigenvalue weighted by atomic mass is 127. The van der Waals surface area contributed by atoms with E-state index in [1.165, 1.54) is 0 Å². The zero-order valence-electron chi connectivity index (χ0n) is 13.2. The van der Waals surface area contributed by atoms with E-state index in [1.807, 2.05) is 13.1 Å². The van der Waals surface area contributed by atoms with Crippen LogP contribution in [0.4, 0.5) is 0 Å². The molecular formula is C15H29IN4O. The first-order valence-corrected chi connectivity index (χ1v) is 7.49. The van der Waals surface area contributed by atoms with Gasteiger partial charge >= 0.3 is 0 Å². The minimum absolute atomic E-state index is 0. The Morgan fingerprint density at radius 2 is 2.14 bits per heavy atom. The Labute approximate surface area is 145 Å². The van der Waals surface area contributed by atoms with Gasteiger partial charge in [0, 0.05) is 39.6 Å². The summed E-state index contributed by atoms with van der Waals surface area (Å²) in [6.45, 7) is 5.45. The van der Waals surface area contributed by atoms with Crippen molar-refractivity contribution in [2.75, 3.05) is 27.2 Å². The number of hydrogen-bond acceptors (Lipinski definition) is 2. The summed E-state index contributed by atoms with van der Waals surface area (Å²) in [5.41, 5.74) is 0. The normalized spacial score (nSPS) is 14.1. The second kappa shape index (κ2) is 11.8. The molecule has 1 aliphatic rings. The Morgan fingerprint density at radius 3 is 2.71 bits per heavy atom. The topological polar surface area (TPSA) is 56.7 Å². The van der Waals surface area contributed by atoms with E-state index in [0.717, 1.165) is 51.2 Å². The van der Waals surface area contributed by atoms with Gasteiger partial charge in [0.1, 0.15) is 0 Å². The van der Waals surface area contributed by atoms with E-state index in [4.69, 9.17) is 0 Å². The van der Waals surface area contributed by atoms with Crippen LogP contribution in [0.5, 0.6) is 0 Å². The van der Waals surface area contributed by atoms with Crippen LogP contribution in [0.2, 0.25) is 0 Å². The van der Waals surface area contributed by atoms with Gasteiger partial charge in [-0.05, 0) is 32.1 Å². The maximum atomic E-state index is 11.5. The second-order valence-electron chi connectivity index (χ2n) is 5.27. The molecule has 0 saturated heterocycles. The number of carbonyl (C=O) groups is 1. The molecule has 2 N–H and O–H groups in total. The van der Waals surface area contributed by atoms with Crippen molar-refractivity contribution >= 4 is 35.8 Å². The van der Waals surface area contributed by atoms with E-state index in [0.29, 0.717) is 12.5 Å². The van der Waals surface area contributed by atoms with Gasteiger partial charge in [-0.15, -0.1) is 30.6 Å². The van der Waals surface area contributed by atoms with E-state index < -0.39 is 0 Å². The lowest BCUT2D eigenvalue weighted by Crippen LogP contribution is -2.40. The summed E-state index contributed by atoms with van der Waals surface area (Å²) in [5.74, 6) is 1.06. The summed E-state index contributed by atoms with van der Waals surface area (Å²) in [6.07, 6.45) is 7.73. The number of halogens is 1. The average molecular weight is 408 g/mol. The summed E-state index contributed by atoms with van der Waals surface area (Å²) >= 11 is 0. The van der Waals surface area contributed by atoms with Gasteiger partial charge in [0.15, 0.2) is 5.96 Å². The van der Waals surface area contributed by atoms with Crippen molar-refractivity contribution in [2.24, 2.45) is 4.99 Å². The molecule has 0 spiro atoms. The van der Waals surface area contributed by atoms with Gasteiger partial charge in [-0.2, -0.15) is 0 Å². The Kier molecular flexibility index (Phi) is 11.4. The molecule has 0 heterocycles. The maximum Gasteiger partial charge on any atom is 0.220 e. The van der Waals surface area contributed by atoms with E-state index in [2.05, 4.69) is 27.1 Å². The van der Waals surface area contributed by atoms with Crippen molar-refractivity contribution in [1.82, 2.24) is 15.5 Å². The minimum atomic E-state index is 0. The van der Waals surface area contributed by atoms with Gasteiger partial charge in [0.25, 0.3) is 0 Å². The summed E-state index contributed by atoms with van der Waals surface area (Å²) in [5, 5.41) is 6.29. The van der Waals surface area contributed by atoms with Crippen LogP contribution in [-0.4, -0.2) is 50.0 Å². The molecule has 1 fully saturated rings. The molecule has 0 aromatic carbocycles. The fourth-order valence-electron chi connectivity index (χ4n) is 1.94. The Bertz CT molecular complexity index is 343. The molecule has 1 amide bonds. The third-order valence-corrected chi connectivity index (χ3v) is 3.28. The number of amides is 1. The molecule has 6 heteroatoms. The molecule has 1 saturated carbocycles. The van der Waals surface area contributed by atoms with Gasteiger partial charge < -0.3 is 15.5 Å². The molecular weight excluding hydrogens is 379 g/mol. The third kappa shape index (κ3) is 9.71. The quantitative estimate of drug-likeness (QED) is 0.202. The van der Waals surface area contributed by atoms with E-state index in [9.17, 15) is 4.79 Å². The molecule has 5 nitrogen and oxygen atoms in total. The van der Waals surface area contributed by atoms with Crippen molar-refractivity contribution in [2.45, 2.75) is 44.6 Å². The minimum Gasteiger partial charge on any atom is -0.356 e. The lowest BCUT2D eigenvalue weighted by atomic mass is 10.3. The number of hydrogen-bond donors (Lipinski definition) is 2. The van der Waals surface area contributed by atoms with Crippen LogP contribution in [0.15, 0.2) is 17.6 Å². The Morgan fingerprint density at radius 1 is 1.43 bits per heavy atom. The molecule has 0 unspecified atom stereocenters. The highest BCUT2D eigenvalue weighted by Crippen LogP contribution is 2.18. The zero-order chi connectivity index (χ0) is 14.8. The molecule has 1 aliphatic carbocycles. The van der Waals surface area contributed by atoms with Gasteiger partial charge in [0.2, 0.25) is 5.91 Å². The van der Waals surface area contributed by atoms with Crippen LogP contribution in [0.3, 0.4) is 0 Å². The van der Waals surface area contributed by atoms with Gasteiger partial charge in [-0.25, -0.2) is 0 Å². The van der Waals surface area contributed by atoms with Crippen molar-refractivity contribution in [3.8, 4) is 0 Å². The molecule has 21 heavy (non-hydrogen) atoms. The van der Waals surface area contributed by atoms with Crippen LogP contribution in [0.1, 0.15) is 38.5 Å². The Balaban J connectivity index is 0.00000400. The van der Waals surface area contributed by atoms with Crippen LogP contribution in [0.25, 0.3) is 0 Å². The van der Waals surface area contributed by atoms with Gasteiger partial charge in [0.05, 0.1) is 0 Å². The molecule has 0 aromatic rings. The fourth-order valence-corrected chi connectivity index (χ4v) is 1.94. The molecule has 0 atom stereocenters. The van der Waals surface area contributed by atoms with Gasteiger partial charge in [-0.1, -0.05) is 6.08 Å². The second-order valence-corrected chi connectivity index (χ2v) is 5.27. The number of aliphatic imine (C=N–C) groups is 1. The van der Waals surface area contributed by atoms with E-state index in [-0.39, 0.29) is 29.9 Å². The summed E-state index contributed by atoms with van der Waals surface area (Å²) in [6, 6.07) is 0.458. The van der Waals surface area contributed by atoms with Crippen molar-refractivity contribution in [1.29, 1.82) is 0 Å². The molecule has 0 aliphatic heterocycles. The zero-order valence-corrected chi connectivity index (χ0v) is 15.6. The summed E-state index contributed by atoms with van der Waals surface area (Å²) in [7, 11) is 3.81. The van der Waals surface area contributed by atoms with Crippen LogP contribution < -0.4 is 10.6 Å². The van der Waals surface area contributed by atoms with Gasteiger partial charge in [-0.3, -0.25) is 9.79 Å². The maximum absolute atomic E-state index is 11.5. The average Bonchev–Trinajstić information content (AvgIpc) is 3.23. The predicted octanol–water partition coefficient (Wildman–Crippen LogP) is 2.14. The molecule has 0 radical (unpaired) electrons. The number of nitrogens with one attached hydrogen (secondary N) is 2. The first kappa shape index (κ1) is 20.2. The largest absolute Gasteiger partial charge is 0.356 e. The van der Waals surface area contributed by atoms with Crippen LogP contribution in [0, 0.1) is 0 Å². The summed E-state index contributed by atoms with van der Waals surface area (Å²) in [4.78, 5) is 17.9. The monoisotopic (exact) mass is 408 g/mol. The van der Waals surface area contributed by atoms with Crippen molar-refractivity contribution in [3.63, 3.8) is 0 Å². The number of allylic oxidation sites excluding steroid dienone is 1. The number of nitrogens with zero attached hydrogens (tertiary/aromatic N) is 2. The number of unbranched alkanes of at least 4 members (excludes halogenated alkanes) is 1. The van der Waals surface area contributed by atoms with Crippen molar-refractivity contribution < 1.29 is 4.79 Å². The molecule has 1 rings (SSSR count). The number of guanidine groups is 1. The fraction of sp³-hybridized carbons (Fsp3) is 0.733. The first-order chi connectivity index (χ1) is 9.67. The lowest BCUT2D eigenvalue weighted by Gasteiger charge is -2.21. The SMILES string of the molecule is C=CCCCN(C)C(=NC)NCCCC(=O)NC1CC1.I. The molecule has 0 bridgehead atoms. The number of carbonyl (C=O) groups excluding carboxylic acids is 1. The highest BCUT2D eigenvalue weighted by molar-refractivity contribution is 14.0. The van der Waals surface area contributed by atoms with Crippen molar-refractivity contribution in [3.05, 3.63) is 12.7 Å². The van der Waals surface area contributed by atoms with E-state index in [1.54, 1.807) is 7.05 Å². The smallest absolute Gasteiger partial charge is 0.220 e. The molecule has 0 aromatic heterocycles. The standard InChI is InChI=1S/C15H28N4O.HI/c1-4-5-6-12-19(3)15(16-2)17-11-7-8-14(20)18-13-9-10-13;/h4,13H,1,5-12H2,2-3H3,(H,16,17)(H,18,20);1H. The van der Waals surface area contributed by atoms with Crippen LogP contribution >= 0.6 is 24.0 Å². The lowest BCUT2D eigenvalue weighted by molar-refractivity contribution is -0.121. The predicted molar refractivity (Wildman–Crippen MR) is 99.2 cm³/mol. The molecule has 122 valence electrons. The first-order valence-electron chi connectivity index (χ1n) is 7.49. The number of rotatable bonds is 9. The highest BCUT2D eigenvalue weighted by Gasteiger charge is 2.22. The Hall–Kier alpha value is -0.790.